The molecule has 1 saturated heterocycles. The number of hydrogen-bond donors (Lipinski definition) is 0. The molecule has 1 fully saturated rings. The standard InChI is InChI=1S/C16H21N3O2/c1-12-9-17-18(10-12)11-14-5-3-4-8-19(14)16(20)15-7-6-13(2)21-15/h6-7,9-10,14H,3-5,8,11H2,1-2H3/t14-/m1/s1. The molecule has 3 heterocycles. The van der Waals surface area contributed by atoms with Crippen LogP contribution in [-0.4, -0.2) is 33.2 Å². The molecular formula is C16H21N3O2. The molecule has 0 aromatic carbocycles. The molecule has 2 aromatic heterocycles. The highest BCUT2D eigenvalue weighted by atomic mass is 16.3. The minimum absolute atomic E-state index is 0.00308. The lowest BCUT2D eigenvalue weighted by Crippen LogP contribution is -2.45. The highest BCUT2D eigenvalue weighted by Crippen LogP contribution is 2.22. The monoisotopic (exact) mass is 287 g/mol. The average Bonchev–Trinajstić information content (AvgIpc) is 3.08. The van der Waals surface area contributed by atoms with Crippen molar-refractivity contribution in [3.05, 3.63) is 41.6 Å². The van der Waals surface area contributed by atoms with Gasteiger partial charge in [-0.15, -0.1) is 0 Å². The average molecular weight is 287 g/mol. The van der Waals surface area contributed by atoms with Crippen molar-refractivity contribution >= 4 is 5.91 Å². The van der Waals surface area contributed by atoms with Crippen LogP contribution in [0.2, 0.25) is 0 Å². The van der Waals surface area contributed by atoms with E-state index >= 15 is 0 Å². The maximum absolute atomic E-state index is 12.6. The van der Waals surface area contributed by atoms with Gasteiger partial charge in [0.1, 0.15) is 5.76 Å². The summed E-state index contributed by atoms with van der Waals surface area (Å²) in [7, 11) is 0. The third kappa shape index (κ3) is 3.01. The molecule has 1 aliphatic heterocycles. The number of carbonyl (C=O) groups excluding carboxylic acids is 1. The first-order valence-electron chi connectivity index (χ1n) is 7.50. The van der Waals surface area contributed by atoms with Gasteiger partial charge in [-0.2, -0.15) is 5.10 Å². The normalized spacial score (nSPS) is 19.0. The van der Waals surface area contributed by atoms with Crippen LogP contribution in [0.15, 0.2) is 28.9 Å². The van der Waals surface area contributed by atoms with E-state index in [-0.39, 0.29) is 11.9 Å². The Balaban J connectivity index is 1.76. The third-order valence-corrected chi connectivity index (χ3v) is 4.00. The largest absolute Gasteiger partial charge is 0.456 e. The van der Waals surface area contributed by atoms with Crippen molar-refractivity contribution < 1.29 is 9.21 Å². The summed E-state index contributed by atoms with van der Waals surface area (Å²) >= 11 is 0. The molecule has 0 aliphatic carbocycles. The van der Waals surface area contributed by atoms with Crippen LogP contribution in [0.3, 0.4) is 0 Å². The SMILES string of the molecule is Cc1cnn(C[C@H]2CCCCN2C(=O)c2ccc(C)o2)c1. The Morgan fingerprint density at radius 1 is 1.38 bits per heavy atom. The van der Waals surface area contributed by atoms with Crippen molar-refractivity contribution in [1.29, 1.82) is 0 Å². The number of aryl methyl sites for hydroxylation is 2. The Morgan fingerprint density at radius 2 is 2.24 bits per heavy atom. The van der Waals surface area contributed by atoms with E-state index in [0.29, 0.717) is 5.76 Å². The van der Waals surface area contributed by atoms with E-state index in [9.17, 15) is 4.79 Å². The van der Waals surface area contributed by atoms with E-state index in [2.05, 4.69) is 5.10 Å². The second-order valence-electron chi connectivity index (χ2n) is 5.80. The molecule has 1 aliphatic rings. The van der Waals surface area contributed by atoms with Crippen molar-refractivity contribution in [2.45, 2.75) is 45.7 Å². The molecule has 112 valence electrons. The molecule has 0 unspecified atom stereocenters. The van der Waals surface area contributed by atoms with Crippen molar-refractivity contribution in [1.82, 2.24) is 14.7 Å². The topological polar surface area (TPSA) is 51.3 Å². The van der Waals surface area contributed by atoms with Crippen molar-refractivity contribution in [3.63, 3.8) is 0 Å². The summed E-state index contributed by atoms with van der Waals surface area (Å²) in [6.07, 6.45) is 7.11. The number of aromatic nitrogens is 2. The van der Waals surface area contributed by atoms with Crippen LogP contribution in [0.5, 0.6) is 0 Å². The Labute approximate surface area is 124 Å². The lowest BCUT2D eigenvalue weighted by atomic mass is 10.0. The van der Waals surface area contributed by atoms with E-state index in [1.807, 2.05) is 41.9 Å². The van der Waals surface area contributed by atoms with Gasteiger partial charge in [0, 0.05) is 12.7 Å². The first-order chi connectivity index (χ1) is 10.1. The maximum atomic E-state index is 12.6. The molecule has 2 aromatic rings. The number of carbonyl (C=O) groups is 1. The van der Waals surface area contributed by atoms with Crippen LogP contribution in [0, 0.1) is 13.8 Å². The van der Waals surface area contributed by atoms with Gasteiger partial charge in [0.15, 0.2) is 5.76 Å². The number of nitrogens with zero attached hydrogens (tertiary/aromatic N) is 3. The van der Waals surface area contributed by atoms with Gasteiger partial charge in [-0.3, -0.25) is 9.48 Å². The number of amides is 1. The smallest absolute Gasteiger partial charge is 0.289 e. The molecule has 5 nitrogen and oxygen atoms in total. The molecule has 0 spiro atoms. The van der Waals surface area contributed by atoms with Crippen LogP contribution >= 0.6 is 0 Å². The summed E-state index contributed by atoms with van der Waals surface area (Å²) in [6, 6.07) is 3.79. The molecule has 0 bridgehead atoms. The second kappa shape index (κ2) is 5.76. The van der Waals surface area contributed by atoms with E-state index < -0.39 is 0 Å². The Bertz CT molecular complexity index is 629. The van der Waals surface area contributed by atoms with Crippen molar-refractivity contribution in [2.75, 3.05) is 6.54 Å². The van der Waals surface area contributed by atoms with E-state index in [4.69, 9.17) is 4.42 Å². The molecule has 21 heavy (non-hydrogen) atoms. The number of likely N-dealkylation sites (tertiary alicyclic amines) is 1. The summed E-state index contributed by atoms with van der Waals surface area (Å²) in [5.74, 6) is 1.21. The van der Waals surface area contributed by atoms with Gasteiger partial charge >= 0.3 is 0 Å². The fourth-order valence-corrected chi connectivity index (χ4v) is 2.93. The summed E-state index contributed by atoms with van der Waals surface area (Å²) in [5.41, 5.74) is 1.14. The van der Waals surface area contributed by atoms with Gasteiger partial charge < -0.3 is 9.32 Å². The zero-order chi connectivity index (χ0) is 14.8. The molecule has 0 N–H and O–H groups in total. The Hall–Kier alpha value is -2.04. The fraction of sp³-hybridized carbons (Fsp3) is 0.500. The Kier molecular flexibility index (Phi) is 3.82. The molecule has 3 rings (SSSR count). The predicted molar refractivity (Wildman–Crippen MR) is 79.1 cm³/mol. The van der Waals surface area contributed by atoms with Crippen molar-refractivity contribution in [2.24, 2.45) is 0 Å². The minimum atomic E-state index is -0.00308. The van der Waals surface area contributed by atoms with Gasteiger partial charge in [-0.25, -0.2) is 0 Å². The number of furan rings is 1. The highest BCUT2D eigenvalue weighted by molar-refractivity contribution is 5.91. The third-order valence-electron chi connectivity index (χ3n) is 4.00. The number of piperidine rings is 1. The lowest BCUT2D eigenvalue weighted by molar-refractivity contribution is 0.0550. The molecular weight excluding hydrogens is 266 g/mol. The van der Waals surface area contributed by atoms with Crippen LogP contribution in [-0.2, 0) is 6.54 Å². The first-order valence-corrected chi connectivity index (χ1v) is 7.50. The van der Waals surface area contributed by atoms with Crippen LogP contribution in [0.1, 0.15) is 41.1 Å². The summed E-state index contributed by atoms with van der Waals surface area (Å²) < 4.78 is 7.42. The number of hydrogen-bond acceptors (Lipinski definition) is 3. The Morgan fingerprint density at radius 3 is 2.90 bits per heavy atom. The first kappa shape index (κ1) is 13.9. The molecule has 5 heteroatoms. The zero-order valence-corrected chi connectivity index (χ0v) is 12.6. The molecule has 0 saturated carbocycles. The van der Waals surface area contributed by atoms with Gasteiger partial charge in [0.25, 0.3) is 5.91 Å². The fourth-order valence-electron chi connectivity index (χ4n) is 2.93. The minimum Gasteiger partial charge on any atom is -0.456 e. The highest BCUT2D eigenvalue weighted by Gasteiger charge is 2.29. The second-order valence-corrected chi connectivity index (χ2v) is 5.80. The lowest BCUT2D eigenvalue weighted by Gasteiger charge is -2.35. The zero-order valence-electron chi connectivity index (χ0n) is 12.6. The van der Waals surface area contributed by atoms with Crippen LogP contribution in [0.25, 0.3) is 0 Å². The quantitative estimate of drug-likeness (QED) is 0.872. The van der Waals surface area contributed by atoms with Gasteiger partial charge in [-0.1, -0.05) is 0 Å². The summed E-state index contributed by atoms with van der Waals surface area (Å²) in [6.45, 7) is 5.43. The maximum Gasteiger partial charge on any atom is 0.289 e. The van der Waals surface area contributed by atoms with Gasteiger partial charge in [-0.05, 0) is 50.8 Å². The molecule has 1 atom stereocenters. The van der Waals surface area contributed by atoms with Gasteiger partial charge in [0.2, 0.25) is 0 Å². The van der Waals surface area contributed by atoms with Crippen LogP contribution < -0.4 is 0 Å². The van der Waals surface area contributed by atoms with Gasteiger partial charge in [0.05, 0.1) is 18.8 Å². The van der Waals surface area contributed by atoms with E-state index in [0.717, 1.165) is 43.7 Å². The number of rotatable bonds is 3. The van der Waals surface area contributed by atoms with Crippen LogP contribution in [0.4, 0.5) is 0 Å². The summed E-state index contributed by atoms with van der Waals surface area (Å²) in [4.78, 5) is 14.6. The molecule has 1 amide bonds. The van der Waals surface area contributed by atoms with E-state index in [1.54, 1.807) is 6.07 Å². The molecule has 0 radical (unpaired) electrons. The van der Waals surface area contributed by atoms with E-state index in [1.165, 1.54) is 0 Å². The predicted octanol–water partition coefficient (Wildman–Crippen LogP) is 2.79. The van der Waals surface area contributed by atoms with Crippen molar-refractivity contribution in [3.8, 4) is 0 Å². The summed E-state index contributed by atoms with van der Waals surface area (Å²) in [5, 5.41) is 4.34.